The molecule has 166 valence electrons. The van der Waals surface area contributed by atoms with E-state index in [4.69, 9.17) is 18.9 Å². The van der Waals surface area contributed by atoms with Gasteiger partial charge in [0.1, 0.15) is 19.8 Å². The number of benzene rings is 2. The summed E-state index contributed by atoms with van der Waals surface area (Å²) in [5.41, 5.74) is 0.867. The second kappa shape index (κ2) is 8.82. The molecule has 3 aliphatic heterocycles. The maximum absolute atomic E-state index is 12.8. The Balaban J connectivity index is 1.14. The third-order valence-corrected chi connectivity index (χ3v) is 5.67. The molecule has 2 aromatic rings. The molecule has 8 heteroatoms. The van der Waals surface area contributed by atoms with Crippen molar-refractivity contribution in [2.45, 2.75) is 6.10 Å². The summed E-state index contributed by atoms with van der Waals surface area (Å²) >= 11 is 0. The standard InChI is InChI=1S/C24H24N2O6/c27-23(8-6-17-5-7-19-21(15-17)30-14-13-29-19)25-9-11-26(12-10-25)24(28)22-16-31-18-3-1-2-4-20(18)32-22/h1-8,15,22H,9-14,16H2/b8-6+. The first-order valence-electron chi connectivity index (χ1n) is 10.7. The van der Waals surface area contributed by atoms with Gasteiger partial charge >= 0.3 is 0 Å². The van der Waals surface area contributed by atoms with E-state index in [1.54, 1.807) is 28.0 Å². The van der Waals surface area contributed by atoms with E-state index in [9.17, 15) is 9.59 Å². The predicted octanol–water partition coefficient (Wildman–Crippen LogP) is 1.98. The van der Waals surface area contributed by atoms with Crippen LogP contribution in [0.4, 0.5) is 0 Å². The lowest BCUT2D eigenvalue weighted by molar-refractivity contribution is -0.145. The van der Waals surface area contributed by atoms with Gasteiger partial charge in [0, 0.05) is 32.3 Å². The minimum Gasteiger partial charge on any atom is -0.486 e. The van der Waals surface area contributed by atoms with E-state index < -0.39 is 6.10 Å². The fourth-order valence-corrected chi connectivity index (χ4v) is 3.93. The summed E-state index contributed by atoms with van der Waals surface area (Å²) in [6.45, 7) is 3.12. The molecule has 0 bridgehead atoms. The Morgan fingerprint density at radius 1 is 0.812 bits per heavy atom. The highest BCUT2D eigenvalue weighted by Crippen LogP contribution is 2.32. The van der Waals surface area contributed by atoms with Crippen molar-refractivity contribution in [3.63, 3.8) is 0 Å². The molecule has 0 radical (unpaired) electrons. The van der Waals surface area contributed by atoms with Crippen LogP contribution in [-0.4, -0.2) is 73.7 Å². The summed E-state index contributed by atoms with van der Waals surface area (Å²) in [6.07, 6.45) is 2.66. The van der Waals surface area contributed by atoms with Gasteiger partial charge < -0.3 is 28.7 Å². The van der Waals surface area contributed by atoms with Crippen LogP contribution in [0.15, 0.2) is 48.5 Å². The smallest absolute Gasteiger partial charge is 0.267 e. The SMILES string of the molecule is O=C(/C=C/c1ccc2c(c1)OCCO2)N1CCN(C(=O)C2COc3ccccc3O2)CC1. The molecule has 3 heterocycles. The lowest BCUT2D eigenvalue weighted by atomic mass is 10.1. The summed E-state index contributed by atoms with van der Waals surface area (Å²) in [5, 5.41) is 0. The molecule has 1 atom stereocenters. The summed E-state index contributed by atoms with van der Waals surface area (Å²) in [6, 6.07) is 12.9. The summed E-state index contributed by atoms with van der Waals surface area (Å²) in [5.74, 6) is 2.44. The van der Waals surface area contributed by atoms with E-state index in [-0.39, 0.29) is 18.4 Å². The monoisotopic (exact) mass is 436 g/mol. The number of rotatable bonds is 3. The zero-order chi connectivity index (χ0) is 21.9. The number of amides is 2. The van der Waals surface area contributed by atoms with E-state index >= 15 is 0 Å². The van der Waals surface area contributed by atoms with Crippen LogP contribution in [0.3, 0.4) is 0 Å². The van der Waals surface area contributed by atoms with E-state index in [2.05, 4.69) is 0 Å². The molecule has 0 saturated carbocycles. The highest BCUT2D eigenvalue weighted by molar-refractivity contribution is 5.92. The molecule has 3 aliphatic rings. The van der Waals surface area contributed by atoms with Gasteiger partial charge in [-0.25, -0.2) is 0 Å². The highest BCUT2D eigenvalue weighted by Gasteiger charge is 2.33. The Morgan fingerprint density at radius 3 is 2.31 bits per heavy atom. The number of piperazine rings is 1. The summed E-state index contributed by atoms with van der Waals surface area (Å²) in [7, 11) is 0. The molecule has 0 aromatic heterocycles. The van der Waals surface area contributed by atoms with Gasteiger partial charge in [0.15, 0.2) is 23.0 Å². The van der Waals surface area contributed by atoms with Gasteiger partial charge in [-0.1, -0.05) is 18.2 Å². The summed E-state index contributed by atoms with van der Waals surface area (Å²) < 4.78 is 22.6. The van der Waals surface area contributed by atoms with Crippen LogP contribution in [0.1, 0.15) is 5.56 Å². The van der Waals surface area contributed by atoms with Gasteiger partial charge in [0.25, 0.3) is 5.91 Å². The lowest BCUT2D eigenvalue weighted by Crippen LogP contribution is -2.54. The third kappa shape index (κ3) is 4.21. The Kier molecular flexibility index (Phi) is 5.58. The second-order valence-corrected chi connectivity index (χ2v) is 7.75. The molecular formula is C24H24N2O6. The summed E-state index contributed by atoms with van der Waals surface area (Å²) in [4.78, 5) is 28.9. The fourth-order valence-electron chi connectivity index (χ4n) is 3.93. The van der Waals surface area contributed by atoms with Gasteiger partial charge in [-0.05, 0) is 35.9 Å². The van der Waals surface area contributed by atoms with Crippen molar-refractivity contribution in [2.24, 2.45) is 0 Å². The first-order chi connectivity index (χ1) is 15.7. The van der Waals surface area contributed by atoms with Crippen molar-refractivity contribution in [1.82, 2.24) is 9.80 Å². The lowest BCUT2D eigenvalue weighted by Gasteiger charge is -2.36. The quantitative estimate of drug-likeness (QED) is 0.685. The zero-order valence-corrected chi connectivity index (χ0v) is 17.6. The first-order valence-corrected chi connectivity index (χ1v) is 10.7. The Hall–Kier alpha value is -3.68. The van der Waals surface area contributed by atoms with Crippen molar-refractivity contribution < 1.29 is 28.5 Å². The maximum atomic E-state index is 12.8. The molecule has 8 nitrogen and oxygen atoms in total. The van der Waals surface area contributed by atoms with Crippen molar-refractivity contribution in [2.75, 3.05) is 46.0 Å². The number of hydrogen-bond donors (Lipinski definition) is 0. The molecule has 0 aliphatic carbocycles. The largest absolute Gasteiger partial charge is 0.486 e. The average molecular weight is 436 g/mol. The zero-order valence-electron chi connectivity index (χ0n) is 17.6. The molecule has 2 amide bonds. The van der Waals surface area contributed by atoms with E-state index in [0.717, 1.165) is 11.3 Å². The average Bonchev–Trinajstić information content (AvgIpc) is 2.86. The first kappa shape index (κ1) is 20.2. The topological polar surface area (TPSA) is 77.5 Å². The molecule has 5 rings (SSSR count). The Labute approximate surface area is 185 Å². The number of carbonyl (C=O) groups is 2. The molecule has 1 unspecified atom stereocenters. The number of nitrogens with zero attached hydrogens (tertiary/aromatic N) is 2. The molecule has 2 aromatic carbocycles. The van der Waals surface area contributed by atoms with Crippen molar-refractivity contribution in [3.05, 3.63) is 54.1 Å². The minimum absolute atomic E-state index is 0.0850. The van der Waals surface area contributed by atoms with E-state index in [1.807, 2.05) is 36.4 Å². The van der Waals surface area contributed by atoms with Gasteiger partial charge in [-0.15, -0.1) is 0 Å². The molecule has 0 N–H and O–H groups in total. The fraction of sp³-hybridized carbons (Fsp3) is 0.333. The number of para-hydroxylation sites is 2. The van der Waals surface area contributed by atoms with Crippen molar-refractivity contribution >= 4 is 17.9 Å². The highest BCUT2D eigenvalue weighted by atomic mass is 16.6. The minimum atomic E-state index is -0.665. The third-order valence-electron chi connectivity index (χ3n) is 5.67. The van der Waals surface area contributed by atoms with Crippen LogP contribution < -0.4 is 18.9 Å². The second-order valence-electron chi connectivity index (χ2n) is 7.75. The Bertz CT molecular complexity index is 1040. The molecule has 32 heavy (non-hydrogen) atoms. The van der Waals surface area contributed by atoms with Gasteiger partial charge in [-0.3, -0.25) is 9.59 Å². The predicted molar refractivity (Wildman–Crippen MR) is 116 cm³/mol. The molecular weight excluding hydrogens is 412 g/mol. The molecule has 1 saturated heterocycles. The molecule has 0 spiro atoms. The number of fused-ring (bicyclic) bond motifs is 2. The van der Waals surface area contributed by atoms with Gasteiger partial charge in [0.2, 0.25) is 12.0 Å². The number of hydrogen-bond acceptors (Lipinski definition) is 6. The van der Waals surface area contributed by atoms with Gasteiger partial charge in [0.05, 0.1) is 0 Å². The van der Waals surface area contributed by atoms with Crippen LogP contribution in [0.2, 0.25) is 0 Å². The van der Waals surface area contributed by atoms with Crippen LogP contribution in [-0.2, 0) is 9.59 Å². The normalized spacial score (nSPS) is 19.7. The molecule has 1 fully saturated rings. The van der Waals surface area contributed by atoms with Crippen LogP contribution in [0, 0.1) is 0 Å². The van der Waals surface area contributed by atoms with Crippen molar-refractivity contribution in [3.8, 4) is 23.0 Å². The van der Waals surface area contributed by atoms with Crippen LogP contribution >= 0.6 is 0 Å². The van der Waals surface area contributed by atoms with E-state index in [1.165, 1.54) is 0 Å². The number of carbonyl (C=O) groups excluding carboxylic acids is 2. The maximum Gasteiger partial charge on any atom is 0.267 e. The van der Waals surface area contributed by atoms with Crippen molar-refractivity contribution in [1.29, 1.82) is 0 Å². The van der Waals surface area contributed by atoms with Crippen LogP contribution in [0.25, 0.3) is 6.08 Å². The number of ether oxygens (including phenoxy) is 4. The van der Waals surface area contributed by atoms with E-state index in [0.29, 0.717) is 56.6 Å². The van der Waals surface area contributed by atoms with Gasteiger partial charge in [-0.2, -0.15) is 0 Å². The Morgan fingerprint density at radius 2 is 1.50 bits per heavy atom. The van der Waals surface area contributed by atoms with Crippen LogP contribution in [0.5, 0.6) is 23.0 Å².